The number of benzene rings is 2. The van der Waals surface area contributed by atoms with Crippen molar-refractivity contribution >= 4 is 78.7 Å². The lowest BCUT2D eigenvalue weighted by Gasteiger charge is -2.30. The molecule has 0 aliphatic heterocycles. The molecule has 0 aliphatic carbocycles. The van der Waals surface area contributed by atoms with E-state index in [9.17, 15) is 9.59 Å². The van der Waals surface area contributed by atoms with Crippen LogP contribution in [0.5, 0.6) is 0 Å². The molecule has 0 radical (unpaired) electrons. The lowest BCUT2D eigenvalue weighted by molar-refractivity contribution is 0.201. The van der Waals surface area contributed by atoms with E-state index in [4.69, 9.17) is 15.7 Å². The van der Waals surface area contributed by atoms with Crippen LogP contribution in [0.25, 0.3) is 20.4 Å². The Bertz CT molecular complexity index is 1260. The molecule has 0 fully saturated rings. The minimum atomic E-state index is -0.579. The molecule has 0 aliphatic rings. The van der Waals surface area contributed by atoms with Crippen LogP contribution in [0.1, 0.15) is 13.8 Å². The number of fused-ring (bicyclic) bond motifs is 2. The second-order valence-corrected chi connectivity index (χ2v) is 12.9. The first-order chi connectivity index (χ1) is 17.5. The van der Waals surface area contributed by atoms with Crippen molar-refractivity contribution in [3.63, 3.8) is 0 Å². The molecule has 2 aromatic heterocycles. The molecule has 190 valence electrons. The van der Waals surface area contributed by atoms with E-state index in [-0.39, 0.29) is 16.5 Å². The van der Waals surface area contributed by atoms with Crippen LogP contribution in [-0.2, 0) is 0 Å². The predicted octanol–water partition coefficient (Wildman–Crippen LogP) is 5.25. The zero-order chi connectivity index (χ0) is 25.5. The monoisotopic (exact) mass is 560 g/mol. The van der Waals surface area contributed by atoms with E-state index >= 15 is 0 Å². The molecular weight excluding hydrogens is 533 g/mol. The maximum absolute atomic E-state index is 12.8. The van der Waals surface area contributed by atoms with Crippen LogP contribution in [0, 0.1) is 0 Å². The number of thioether (sulfide) groups is 2. The van der Waals surface area contributed by atoms with Crippen molar-refractivity contribution in [3.05, 3.63) is 48.5 Å². The molecule has 12 heteroatoms. The highest BCUT2D eigenvalue weighted by Crippen LogP contribution is 2.40. The Morgan fingerprint density at radius 3 is 1.97 bits per heavy atom. The fourth-order valence-electron chi connectivity index (χ4n) is 3.58. The van der Waals surface area contributed by atoms with Gasteiger partial charge in [0.1, 0.15) is 0 Å². The fraction of sp³-hybridized carbons (Fsp3) is 0.333. The van der Waals surface area contributed by atoms with E-state index < -0.39 is 6.03 Å². The van der Waals surface area contributed by atoms with Crippen molar-refractivity contribution in [1.82, 2.24) is 25.5 Å². The smallest absolute Gasteiger partial charge is 0.317 e. The van der Waals surface area contributed by atoms with Crippen LogP contribution in [0.2, 0.25) is 0 Å². The summed E-state index contributed by atoms with van der Waals surface area (Å²) in [5.41, 5.74) is 7.34. The molecule has 4 aromatic rings. The van der Waals surface area contributed by atoms with Crippen LogP contribution in [0.4, 0.5) is 9.59 Å². The van der Waals surface area contributed by atoms with Gasteiger partial charge in [-0.05, 0) is 38.1 Å². The van der Waals surface area contributed by atoms with Gasteiger partial charge in [0.15, 0.2) is 8.68 Å². The summed E-state index contributed by atoms with van der Waals surface area (Å²) < 4.78 is 4.04. The lowest BCUT2D eigenvalue weighted by atomic mass is 10.2. The van der Waals surface area contributed by atoms with E-state index in [1.165, 1.54) is 0 Å². The average molecular weight is 561 g/mol. The largest absolute Gasteiger partial charge is 0.352 e. The number of carbonyl (C=O) groups excluding carboxylic acids is 2. The molecule has 0 bridgehead atoms. The first kappa shape index (κ1) is 26.5. The number of para-hydroxylation sites is 2. The van der Waals surface area contributed by atoms with Crippen LogP contribution < -0.4 is 16.4 Å². The molecule has 4 rings (SSSR count). The van der Waals surface area contributed by atoms with Gasteiger partial charge in [-0.3, -0.25) is 0 Å². The standard InChI is InChI=1S/C24H28N6O2S4/c1-3-26-22(32)30(4-2)14-20(36-24-29-16-10-6-8-12-18(16)34-24)19(13-27-21(25)31)35-23-28-15-9-5-7-11-17(15)33-23/h5-12,19-20H,3-4,13-14H2,1-2H3,(H,26,32)(H3,25,27,31). The van der Waals surface area contributed by atoms with Crippen LogP contribution >= 0.6 is 46.2 Å². The molecule has 2 heterocycles. The third-order valence-electron chi connectivity index (χ3n) is 5.34. The van der Waals surface area contributed by atoms with Crippen molar-refractivity contribution in [3.8, 4) is 0 Å². The Labute approximate surface area is 226 Å². The topological polar surface area (TPSA) is 113 Å². The molecule has 36 heavy (non-hydrogen) atoms. The van der Waals surface area contributed by atoms with E-state index in [2.05, 4.69) is 22.8 Å². The summed E-state index contributed by atoms with van der Waals surface area (Å²) in [5, 5.41) is 5.49. The summed E-state index contributed by atoms with van der Waals surface area (Å²) in [6, 6.07) is 15.4. The molecule has 8 nitrogen and oxygen atoms in total. The number of hydrogen-bond donors (Lipinski definition) is 3. The third-order valence-corrected chi connectivity index (χ3v) is 10.4. The van der Waals surface area contributed by atoms with Crippen molar-refractivity contribution < 1.29 is 9.59 Å². The zero-order valence-electron chi connectivity index (χ0n) is 20.0. The maximum Gasteiger partial charge on any atom is 0.317 e. The summed E-state index contributed by atoms with van der Waals surface area (Å²) in [6.45, 7) is 5.80. The Balaban J connectivity index is 1.65. The quantitative estimate of drug-likeness (QED) is 0.216. The summed E-state index contributed by atoms with van der Waals surface area (Å²) in [6.07, 6.45) is 0. The van der Waals surface area contributed by atoms with E-state index in [1.54, 1.807) is 51.1 Å². The number of nitrogens with zero attached hydrogens (tertiary/aromatic N) is 3. The molecule has 4 amide bonds. The fourth-order valence-corrected chi connectivity index (χ4v) is 8.70. The van der Waals surface area contributed by atoms with Crippen molar-refractivity contribution in [2.75, 3.05) is 26.2 Å². The number of nitrogens with one attached hydrogen (secondary N) is 2. The van der Waals surface area contributed by atoms with Crippen molar-refractivity contribution in [1.29, 1.82) is 0 Å². The molecule has 4 N–H and O–H groups in total. The SMILES string of the molecule is CCNC(=O)N(CC)CC(Sc1nc2ccccc2s1)C(CNC(N)=O)Sc1nc2ccccc2s1. The first-order valence-electron chi connectivity index (χ1n) is 11.6. The van der Waals surface area contributed by atoms with Gasteiger partial charge in [0.05, 0.1) is 20.4 Å². The number of nitrogens with two attached hydrogens (primary N) is 1. The molecule has 0 saturated heterocycles. The predicted molar refractivity (Wildman–Crippen MR) is 152 cm³/mol. The third kappa shape index (κ3) is 6.81. The summed E-state index contributed by atoms with van der Waals surface area (Å²) in [5.74, 6) is 0. The number of urea groups is 2. The molecular formula is C24H28N6O2S4. The van der Waals surface area contributed by atoms with Gasteiger partial charge in [0, 0.05) is 36.7 Å². The maximum atomic E-state index is 12.8. The van der Waals surface area contributed by atoms with Gasteiger partial charge < -0.3 is 21.3 Å². The van der Waals surface area contributed by atoms with Gasteiger partial charge >= 0.3 is 12.1 Å². The number of rotatable bonds is 11. The summed E-state index contributed by atoms with van der Waals surface area (Å²) in [4.78, 5) is 35.8. The van der Waals surface area contributed by atoms with E-state index in [0.29, 0.717) is 26.2 Å². The number of aromatic nitrogens is 2. The van der Waals surface area contributed by atoms with E-state index in [0.717, 1.165) is 29.1 Å². The summed E-state index contributed by atoms with van der Waals surface area (Å²) >= 11 is 6.48. The van der Waals surface area contributed by atoms with Crippen molar-refractivity contribution in [2.24, 2.45) is 5.73 Å². The van der Waals surface area contributed by atoms with Crippen LogP contribution in [0.15, 0.2) is 57.2 Å². The normalized spacial score (nSPS) is 12.9. The Hall–Kier alpha value is -2.54. The van der Waals surface area contributed by atoms with Crippen LogP contribution in [0.3, 0.4) is 0 Å². The number of primary amides is 1. The minimum absolute atomic E-state index is 0.0861. The lowest BCUT2D eigenvalue weighted by Crippen LogP contribution is -2.47. The molecule has 2 aromatic carbocycles. The highest BCUT2D eigenvalue weighted by atomic mass is 32.2. The molecule has 2 unspecified atom stereocenters. The highest BCUT2D eigenvalue weighted by molar-refractivity contribution is 8.05. The van der Waals surface area contributed by atoms with Gasteiger partial charge in [-0.15, -0.1) is 22.7 Å². The second-order valence-electron chi connectivity index (χ2n) is 7.83. The van der Waals surface area contributed by atoms with Gasteiger partial charge in [-0.25, -0.2) is 19.6 Å². The minimum Gasteiger partial charge on any atom is -0.352 e. The van der Waals surface area contributed by atoms with Crippen LogP contribution in [-0.4, -0.2) is 63.6 Å². The number of amides is 4. The highest BCUT2D eigenvalue weighted by Gasteiger charge is 2.30. The average Bonchev–Trinajstić information content (AvgIpc) is 3.47. The van der Waals surface area contributed by atoms with Gasteiger partial charge in [0.25, 0.3) is 0 Å². The number of thiazole rings is 2. The number of hydrogen-bond acceptors (Lipinski definition) is 8. The Morgan fingerprint density at radius 2 is 1.47 bits per heavy atom. The molecule has 0 spiro atoms. The molecule has 0 saturated carbocycles. The first-order valence-corrected chi connectivity index (χ1v) is 15.0. The number of carbonyl (C=O) groups is 2. The van der Waals surface area contributed by atoms with Gasteiger partial charge in [-0.1, -0.05) is 47.8 Å². The van der Waals surface area contributed by atoms with Crippen molar-refractivity contribution in [2.45, 2.75) is 33.0 Å². The Morgan fingerprint density at radius 1 is 0.917 bits per heavy atom. The van der Waals surface area contributed by atoms with E-state index in [1.807, 2.05) is 50.2 Å². The zero-order valence-corrected chi connectivity index (χ0v) is 23.2. The van der Waals surface area contributed by atoms with Gasteiger partial charge in [0.2, 0.25) is 0 Å². The van der Waals surface area contributed by atoms with Gasteiger partial charge in [-0.2, -0.15) is 0 Å². The molecule has 2 atom stereocenters. The second kappa shape index (κ2) is 12.6. The summed E-state index contributed by atoms with van der Waals surface area (Å²) in [7, 11) is 0. The Kier molecular flexibility index (Phi) is 9.30.